The number of nitrogens with zero attached hydrogens (tertiary/aromatic N) is 1. The first-order chi connectivity index (χ1) is 16.7. The molecule has 0 saturated carbocycles. The highest BCUT2D eigenvalue weighted by atomic mass is 16.5. The van der Waals surface area contributed by atoms with Gasteiger partial charge in [-0.1, -0.05) is 24.3 Å². The largest absolute Gasteiger partial charge is 0.497 e. The topological polar surface area (TPSA) is 55.0 Å². The summed E-state index contributed by atoms with van der Waals surface area (Å²) in [5.74, 6) is 3.06. The van der Waals surface area contributed by atoms with Gasteiger partial charge in [-0.2, -0.15) is 0 Å². The molecular formula is C28H33N3O3. The van der Waals surface area contributed by atoms with Gasteiger partial charge in [0.25, 0.3) is 0 Å². The molecule has 1 saturated heterocycles. The van der Waals surface area contributed by atoms with Gasteiger partial charge >= 0.3 is 0 Å². The highest BCUT2D eigenvalue weighted by molar-refractivity contribution is 5.61. The molecule has 0 amide bonds. The Hall–Kier alpha value is -3.22. The fourth-order valence-corrected chi connectivity index (χ4v) is 5.15. The van der Waals surface area contributed by atoms with Crippen molar-refractivity contribution in [3.05, 3.63) is 83.4 Å². The van der Waals surface area contributed by atoms with Crippen LogP contribution in [0.25, 0.3) is 0 Å². The third-order valence-electron chi connectivity index (χ3n) is 6.75. The Morgan fingerprint density at radius 3 is 2.15 bits per heavy atom. The zero-order valence-corrected chi connectivity index (χ0v) is 20.1. The molecule has 1 fully saturated rings. The lowest BCUT2D eigenvalue weighted by molar-refractivity contribution is 0.337. The maximum atomic E-state index is 5.85. The van der Waals surface area contributed by atoms with Gasteiger partial charge in [-0.3, -0.25) is 0 Å². The highest BCUT2D eigenvalue weighted by Gasteiger charge is 2.43. The summed E-state index contributed by atoms with van der Waals surface area (Å²) in [4.78, 5) is 2.49. The lowest BCUT2D eigenvalue weighted by Crippen LogP contribution is -2.39. The van der Waals surface area contributed by atoms with E-state index >= 15 is 0 Å². The van der Waals surface area contributed by atoms with E-state index in [1.54, 1.807) is 7.11 Å². The Morgan fingerprint density at radius 1 is 0.794 bits per heavy atom. The SMILES string of the molecule is CCOc1ccc(C2NNC3c4cc(OCC)ccc4N(Cc4ccc(OC)cc4)CC23)cc1. The van der Waals surface area contributed by atoms with Crippen LogP contribution >= 0.6 is 0 Å². The van der Waals surface area contributed by atoms with Crippen molar-refractivity contribution >= 4 is 5.69 Å². The van der Waals surface area contributed by atoms with Crippen LogP contribution in [-0.4, -0.2) is 26.9 Å². The van der Waals surface area contributed by atoms with Crippen LogP contribution in [0, 0.1) is 5.92 Å². The molecule has 2 N–H and O–H groups in total. The van der Waals surface area contributed by atoms with E-state index < -0.39 is 0 Å². The molecule has 0 aliphatic carbocycles. The van der Waals surface area contributed by atoms with Gasteiger partial charge in [-0.25, -0.2) is 10.9 Å². The van der Waals surface area contributed by atoms with Gasteiger partial charge in [0.1, 0.15) is 17.2 Å². The van der Waals surface area contributed by atoms with Crippen LogP contribution in [0.5, 0.6) is 17.2 Å². The van der Waals surface area contributed by atoms with E-state index in [1.165, 1.54) is 22.4 Å². The van der Waals surface area contributed by atoms with Crippen LogP contribution in [0.3, 0.4) is 0 Å². The molecule has 3 atom stereocenters. The molecule has 0 spiro atoms. The molecule has 2 aliphatic rings. The summed E-state index contributed by atoms with van der Waals surface area (Å²) >= 11 is 0. The smallest absolute Gasteiger partial charge is 0.119 e. The van der Waals surface area contributed by atoms with Gasteiger partial charge in [0.15, 0.2) is 0 Å². The van der Waals surface area contributed by atoms with Crippen LogP contribution in [-0.2, 0) is 6.54 Å². The molecule has 178 valence electrons. The Labute approximate surface area is 201 Å². The van der Waals surface area contributed by atoms with Crippen LogP contribution < -0.4 is 30.0 Å². The van der Waals surface area contributed by atoms with Gasteiger partial charge in [0, 0.05) is 24.7 Å². The van der Waals surface area contributed by atoms with Crippen molar-refractivity contribution in [2.24, 2.45) is 5.92 Å². The second kappa shape index (κ2) is 9.95. The quantitative estimate of drug-likeness (QED) is 0.493. The zero-order chi connectivity index (χ0) is 23.5. The molecule has 0 aromatic heterocycles. The molecule has 6 nitrogen and oxygen atoms in total. The monoisotopic (exact) mass is 459 g/mol. The Balaban J connectivity index is 1.46. The molecule has 2 aliphatic heterocycles. The van der Waals surface area contributed by atoms with E-state index in [1.807, 2.05) is 26.0 Å². The second-order valence-electron chi connectivity index (χ2n) is 8.79. The van der Waals surface area contributed by atoms with Crippen molar-refractivity contribution < 1.29 is 14.2 Å². The average Bonchev–Trinajstić information content (AvgIpc) is 3.29. The van der Waals surface area contributed by atoms with Crippen LogP contribution in [0.4, 0.5) is 5.69 Å². The number of hydrazine groups is 1. The fraction of sp³-hybridized carbons (Fsp3) is 0.357. The van der Waals surface area contributed by atoms with E-state index in [0.29, 0.717) is 19.1 Å². The molecule has 0 radical (unpaired) electrons. The number of ether oxygens (including phenoxy) is 3. The maximum absolute atomic E-state index is 5.85. The molecule has 3 aromatic carbocycles. The molecule has 2 heterocycles. The van der Waals surface area contributed by atoms with Crippen LogP contribution in [0.15, 0.2) is 66.7 Å². The number of hydrogen-bond donors (Lipinski definition) is 2. The Bertz CT molecular complexity index is 1100. The fourth-order valence-electron chi connectivity index (χ4n) is 5.15. The lowest BCUT2D eigenvalue weighted by Gasteiger charge is -2.39. The number of rotatable bonds is 8. The average molecular weight is 460 g/mol. The van der Waals surface area contributed by atoms with Gasteiger partial charge in [0.2, 0.25) is 0 Å². The number of hydrogen-bond acceptors (Lipinski definition) is 6. The van der Waals surface area contributed by atoms with Crippen molar-refractivity contribution in [1.82, 2.24) is 10.9 Å². The molecule has 3 aromatic rings. The van der Waals surface area contributed by atoms with Crippen molar-refractivity contribution in [3.8, 4) is 17.2 Å². The molecule has 34 heavy (non-hydrogen) atoms. The Morgan fingerprint density at radius 2 is 1.44 bits per heavy atom. The summed E-state index contributed by atoms with van der Waals surface area (Å²) in [5, 5.41) is 0. The van der Waals surface area contributed by atoms with Crippen LogP contribution in [0.2, 0.25) is 0 Å². The zero-order valence-electron chi connectivity index (χ0n) is 20.1. The number of anilines is 1. The predicted molar refractivity (Wildman–Crippen MR) is 135 cm³/mol. The van der Waals surface area contributed by atoms with Crippen molar-refractivity contribution in [3.63, 3.8) is 0 Å². The summed E-state index contributed by atoms with van der Waals surface area (Å²) in [5.41, 5.74) is 12.2. The maximum Gasteiger partial charge on any atom is 0.119 e. The minimum atomic E-state index is 0.197. The summed E-state index contributed by atoms with van der Waals surface area (Å²) in [6.45, 7) is 7.14. The minimum absolute atomic E-state index is 0.197. The van der Waals surface area contributed by atoms with Crippen molar-refractivity contribution in [1.29, 1.82) is 0 Å². The van der Waals surface area contributed by atoms with Crippen molar-refractivity contribution in [2.75, 3.05) is 31.8 Å². The number of benzene rings is 3. The van der Waals surface area contributed by atoms with Gasteiger partial charge in [0.05, 0.1) is 32.4 Å². The highest BCUT2D eigenvalue weighted by Crippen LogP contribution is 2.46. The standard InChI is InChI=1S/C28H33N3O3/c1-4-33-22-12-8-20(9-13-22)27-25-18-31(17-19-6-10-21(32-3)11-7-19)26-15-14-23(34-5-2)16-24(26)28(25)30-29-27/h6-16,25,27-30H,4-5,17-18H2,1-3H3. The van der Waals surface area contributed by atoms with E-state index in [0.717, 1.165) is 30.3 Å². The van der Waals surface area contributed by atoms with E-state index in [-0.39, 0.29) is 12.1 Å². The second-order valence-corrected chi connectivity index (χ2v) is 8.79. The first kappa shape index (κ1) is 22.6. The van der Waals surface area contributed by atoms with Crippen LogP contribution in [0.1, 0.15) is 42.6 Å². The summed E-state index contributed by atoms with van der Waals surface area (Å²) in [7, 11) is 1.70. The molecule has 6 heteroatoms. The first-order valence-corrected chi connectivity index (χ1v) is 12.1. The molecule has 3 unspecified atom stereocenters. The summed E-state index contributed by atoms with van der Waals surface area (Å²) in [6.07, 6.45) is 0. The third-order valence-corrected chi connectivity index (χ3v) is 6.75. The normalized spacial score (nSPS) is 21.0. The van der Waals surface area contributed by atoms with Gasteiger partial charge < -0.3 is 19.1 Å². The van der Waals surface area contributed by atoms with E-state index in [2.05, 4.69) is 70.3 Å². The Kier molecular flexibility index (Phi) is 6.61. The van der Waals surface area contributed by atoms with E-state index in [4.69, 9.17) is 14.2 Å². The van der Waals surface area contributed by atoms with Gasteiger partial charge in [-0.05, 0) is 73.0 Å². The third kappa shape index (κ3) is 4.43. The van der Waals surface area contributed by atoms with Gasteiger partial charge in [-0.15, -0.1) is 0 Å². The summed E-state index contributed by atoms with van der Waals surface area (Å²) < 4.78 is 16.8. The summed E-state index contributed by atoms with van der Waals surface area (Å²) in [6, 6.07) is 23.7. The molecule has 5 rings (SSSR count). The van der Waals surface area contributed by atoms with E-state index in [9.17, 15) is 0 Å². The number of nitrogens with one attached hydrogen (secondary N) is 2. The number of methoxy groups -OCH3 is 1. The molecule has 0 bridgehead atoms. The molecular weight excluding hydrogens is 426 g/mol. The number of fused-ring (bicyclic) bond motifs is 3. The predicted octanol–water partition coefficient (Wildman–Crippen LogP) is 5.02. The lowest BCUT2D eigenvalue weighted by atomic mass is 9.82. The first-order valence-electron chi connectivity index (χ1n) is 12.1. The minimum Gasteiger partial charge on any atom is -0.497 e. The van der Waals surface area contributed by atoms with Crippen molar-refractivity contribution in [2.45, 2.75) is 32.5 Å².